The molecule has 0 radical (unpaired) electrons. The van der Waals surface area contributed by atoms with Crippen molar-refractivity contribution in [2.45, 2.75) is 26.8 Å². The van der Waals surface area contributed by atoms with Crippen molar-refractivity contribution in [3.05, 3.63) is 44.2 Å². The number of amides is 1. The molecule has 0 bridgehead atoms. The highest BCUT2D eigenvalue weighted by molar-refractivity contribution is 9.10. The Balaban J connectivity index is 2.10. The van der Waals surface area contributed by atoms with Gasteiger partial charge in [0.05, 0.1) is 5.56 Å². The first-order valence-corrected chi connectivity index (χ1v) is 8.54. The minimum Gasteiger partial charge on any atom is -0.369 e. The van der Waals surface area contributed by atoms with E-state index in [1.165, 1.54) is 5.56 Å². The van der Waals surface area contributed by atoms with E-state index in [1.807, 2.05) is 6.92 Å². The lowest BCUT2D eigenvalue weighted by Crippen LogP contribution is -2.24. The number of carbonyl (C=O) groups excluding carboxylic acids is 1. The van der Waals surface area contributed by atoms with Gasteiger partial charge in [-0.3, -0.25) is 4.79 Å². The van der Waals surface area contributed by atoms with Crippen LogP contribution in [0, 0.1) is 6.92 Å². The second kappa shape index (κ2) is 7.56. The van der Waals surface area contributed by atoms with Crippen LogP contribution in [0.15, 0.2) is 27.5 Å². The molecule has 21 heavy (non-hydrogen) atoms. The van der Waals surface area contributed by atoms with Crippen molar-refractivity contribution in [2.24, 2.45) is 0 Å². The number of rotatable bonds is 6. The third-order valence-electron chi connectivity index (χ3n) is 3.04. The summed E-state index contributed by atoms with van der Waals surface area (Å²) in [7, 11) is 0. The Morgan fingerprint density at radius 1 is 1.43 bits per heavy atom. The highest BCUT2D eigenvalue weighted by Gasteiger charge is 2.13. The fourth-order valence-electron chi connectivity index (χ4n) is 1.84. The second-order valence-electron chi connectivity index (χ2n) is 4.74. The first-order valence-electron chi connectivity index (χ1n) is 6.81. The fraction of sp³-hybridized carbons (Fsp3) is 0.333. The minimum absolute atomic E-state index is 0.118. The highest BCUT2D eigenvalue weighted by atomic mass is 79.9. The normalized spacial score (nSPS) is 10.4. The van der Waals surface area contributed by atoms with E-state index in [-0.39, 0.29) is 5.91 Å². The third kappa shape index (κ3) is 4.28. The van der Waals surface area contributed by atoms with Gasteiger partial charge in [-0.05, 0) is 57.2 Å². The van der Waals surface area contributed by atoms with Crippen molar-refractivity contribution < 1.29 is 4.79 Å². The van der Waals surface area contributed by atoms with Gasteiger partial charge in [0.2, 0.25) is 0 Å². The number of halogens is 1. The number of nitrogens with one attached hydrogen (secondary N) is 2. The topological polar surface area (TPSA) is 54.0 Å². The van der Waals surface area contributed by atoms with Crippen LogP contribution in [0.2, 0.25) is 0 Å². The van der Waals surface area contributed by atoms with Crippen LogP contribution in [0.25, 0.3) is 0 Å². The van der Waals surface area contributed by atoms with E-state index in [2.05, 4.69) is 49.2 Å². The molecule has 0 aliphatic heterocycles. The molecule has 0 saturated heterocycles. The van der Waals surface area contributed by atoms with Crippen molar-refractivity contribution in [3.8, 4) is 0 Å². The molecule has 112 valence electrons. The van der Waals surface area contributed by atoms with Gasteiger partial charge in [-0.15, -0.1) is 0 Å². The molecule has 2 N–H and O–H groups in total. The van der Waals surface area contributed by atoms with E-state index >= 15 is 0 Å². The van der Waals surface area contributed by atoms with Crippen LogP contribution in [0.5, 0.6) is 0 Å². The molecule has 2 heterocycles. The number of pyridine rings is 1. The van der Waals surface area contributed by atoms with Crippen molar-refractivity contribution in [1.82, 2.24) is 10.3 Å². The highest BCUT2D eigenvalue weighted by Crippen LogP contribution is 2.19. The van der Waals surface area contributed by atoms with Gasteiger partial charge in [-0.2, -0.15) is 11.3 Å². The summed E-state index contributed by atoms with van der Waals surface area (Å²) in [5, 5.41) is 10.3. The maximum Gasteiger partial charge on any atom is 0.255 e. The molecule has 0 unspecified atom stereocenters. The van der Waals surface area contributed by atoms with Gasteiger partial charge in [-0.1, -0.05) is 6.92 Å². The number of aryl methyl sites for hydroxylation is 1. The van der Waals surface area contributed by atoms with E-state index < -0.39 is 0 Å². The van der Waals surface area contributed by atoms with Crippen LogP contribution >= 0.6 is 27.3 Å². The molecule has 2 aromatic rings. The lowest BCUT2D eigenvalue weighted by Gasteiger charge is -2.11. The summed E-state index contributed by atoms with van der Waals surface area (Å²) in [5.41, 5.74) is 2.92. The molecule has 0 fully saturated rings. The molecule has 4 nitrogen and oxygen atoms in total. The molecule has 0 saturated carbocycles. The zero-order chi connectivity index (χ0) is 15.2. The van der Waals surface area contributed by atoms with Crippen LogP contribution < -0.4 is 10.6 Å². The van der Waals surface area contributed by atoms with Crippen LogP contribution in [-0.4, -0.2) is 17.4 Å². The van der Waals surface area contributed by atoms with Gasteiger partial charge in [0.1, 0.15) is 5.82 Å². The van der Waals surface area contributed by atoms with Gasteiger partial charge >= 0.3 is 0 Å². The Bertz CT molecular complexity index is 627. The Labute approximate surface area is 137 Å². The maximum absolute atomic E-state index is 12.4. The summed E-state index contributed by atoms with van der Waals surface area (Å²) < 4.78 is 0.793. The number of hydrogen-bond acceptors (Lipinski definition) is 4. The summed E-state index contributed by atoms with van der Waals surface area (Å²) in [6.07, 6.45) is 2.67. The van der Waals surface area contributed by atoms with Crippen LogP contribution in [-0.2, 0) is 6.54 Å². The van der Waals surface area contributed by atoms with Gasteiger partial charge in [-0.25, -0.2) is 4.98 Å². The van der Waals surface area contributed by atoms with Crippen LogP contribution in [0.1, 0.15) is 34.8 Å². The lowest BCUT2D eigenvalue weighted by molar-refractivity contribution is 0.0951. The molecule has 0 aromatic carbocycles. The number of hydrogen-bond donors (Lipinski definition) is 2. The predicted molar refractivity (Wildman–Crippen MR) is 90.9 cm³/mol. The quantitative estimate of drug-likeness (QED) is 0.811. The zero-order valence-electron chi connectivity index (χ0n) is 12.1. The molecule has 0 aliphatic carbocycles. The monoisotopic (exact) mass is 367 g/mol. The number of thiophene rings is 1. The first kappa shape index (κ1) is 16.0. The maximum atomic E-state index is 12.4. The Kier molecular flexibility index (Phi) is 5.76. The summed E-state index contributed by atoms with van der Waals surface area (Å²) in [4.78, 5) is 16.7. The molecule has 1 amide bonds. The molecular formula is C15H18BrN3OS. The number of carbonyl (C=O) groups is 1. The van der Waals surface area contributed by atoms with Crippen molar-refractivity contribution >= 4 is 39.0 Å². The summed E-state index contributed by atoms with van der Waals surface area (Å²) in [6, 6.07) is 1.79. The van der Waals surface area contributed by atoms with Gasteiger partial charge in [0.25, 0.3) is 5.91 Å². The molecule has 0 atom stereocenters. The average Bonchev–Trinajstić information content (AvgIpc) is 2.88. The van der Waals surface area contributed by atoms with E-state index in [4.69, 9.17) is 0 Å². The minimum atomic E-state index is -0.118. The Morgan fingerprint density at radius 2 is 2.24 bits per heavy atom. The average molecular weight is 368 g/mol. The fourth-order valence-corrected chi connectivity index (χ4v) is 3.02. The molecular weight excluding hydrogens is 350 g/mol. The SMILES string of the molecule is CCCNc1ncc(Br)cc1C(=O)NCc1cscc1C. The number of aromatic nitrogens is 1. The van der Waals surface area contributed by atoms with E-state index in [0.29, 0.717) is 17.9 Å². The molecule has 2 aromatic heterocycles. The van der Waals surface area contributed by atoms with Crippen molar-refractivity contribution in [2.75, 3.05) is 11.9 Å². The van der Waals surface area contributed by atoms with Gasteiger partial charge in [0, 0.05) is 23.8 Å². The van der Waals surface area contributed by atoms with E-state index in [1.54, 1.807) is 23.6 Å². The summed E-state index contributed by atoms with van der Waals surface area (Å²) in [6.45, 7) is 5.45. The molecule has 0 aliphatic rings. The smallest absolute Gasteiger partial charge is 0.255 e. The Morgan fingerprint density at radius 3 is 2.90 bits per heavy atom. The van der Waals surface area contributed by atoms with Crippen LogP contribution in [0.4, 0.5) is 5.82 Å². The standard InChI is InChI=1S/C15H18BrN3OS/c1-3-4-17-14-13(5-12(16)7-18-14)15(20)19-6-11-9-21-8-10(11)2/h5,7-9H,3-4,6H2,1-2H3,(H,17,18)(H,19,20). The summed E-state index contributed by atoms with van der Waals surface area (Å²) >= 11 is 5.01. The van der Waals surface area contributed by atoms with E-state index in [0.717, 1.165) is 23.0 Å². The summed E-state index contributed by atoms with van der Waals surface area (Å²) in [5.74, 6) is 0.507. The number of anilines is 1. The van der Waals surface area contributed by atoms with Gasteiger partial charge in [0.15, 0.2) is 0 Å². The Hall–Kier alpha value is -1.40. The lowest BCUT2D eigenvalue weighted by atomic mass is 10.2. The molecule has 2 rings (SSSR count). The van der Waals surface area contributed by atoms with Crippen molar-refractivity contribution in [3.63, 3.8) is 0 Å². The van der Waals surface area contributed by atoms with Crippen LogP contribution in [0.3, 0.4) is 0 Å². The molecule has 0 spiro atoms. The zero-order valence-corrected chi connectivity index (χ0v) is 14.5. The number of nitrogens with zero attached hydrogens (tertiary/aromatic N) is 1. The third-order valence-corrected chi connectivity index (χ3v) is 4.39. The van der Waals surface area contributed by atoms with E-state index in [9.17, 15) is 4.79 Å². The largest absolute Gasteiger partial charge is 0.369 e. The van der Waals surface area contributed by atoms with Gasteiger partial charge < -0.3 is 10.6 Å². The van der Waals surface area contributed by atoms with Crippen molar-refractivity contribution in [1.29, 1.82) is 0 Å². The first-order chi connectivity index (χ1) is 10.1. The second-order valence-corrected chi connectivity index (χ2v) is 6.40. The predicted octanol–water partition coefficient (Wildman–Crippen LogP) is 3.97. The molecule has 6 heteroatoms.